The standard InChI is InChI=1S/C15H21FN2O.ClH/c1-10-7-13(9-14(16)8-10)15(19)18-5-3-12(4-6-18)11(2)17;/h7-9,11-12H,3-6,17H2,1-2H3;1H. The van der Waals surface area contributed by atoms with Crippen LogP contribution in [0.25, 0.3) is 0 Å². The molecular weight excluding hydrogens is 279 g/mol. The van der Waals surface area contributed by atoms with Gasteiger partial charge in [0.1, 0.15) is 5.82 Å². The molecule has 20 heavy (non-hydrogen) atoms. The van der Waals surface area contributed by atoms with Gasteiger partial charge < -0.3 is 10.6 Å². The number of amides is 1. The lowest BCUT2D eigenvalue weighted by molar-refractivity contribution is 0.0680. The molecule has 0 aromatic heterocycles. The Balaban J connectivity index is 0.00000200. The van der Waals surface area contributed by atoms with E-state index in [1.807, 2.05) is 6.92 Å². The average Bonchev–Trinajstić information content (AvgIpc) is 2.37. The van der Waals surface area contributed by atoms with Gasteiger partial charge in [0, 0.05) is 24.7 Å². The van der Waals surface area contributed by atoms with Gasteiger partial charge in [0.2, 0.25) is 0 Å². The molecule has 0 saturated carbocycles. The van der Waals surface area contributed by atoms with Crippen LogP contribution in [-0.4, -0.2) is 29.9 Å². The van der Waals surface area contributed by atoms with Crippen molar-refractivity contribution in [2.24, 2.45) is 11.7 Å². The SMILES string of the molecule is Cc1cc(F)cc(C(=O)N2CCC(C(C)N)CC2)c1.Cl. The van der Waals surface area contributed by atoms with Crippen molar-refractivity contribution in [3.05, 3.63) is 35.1 Å². The summed E-state index contributed by atoms with van der Waals surface area (Å²) >= 11 is 0. The molecule has 1 saturated heterocycles. The van der Waals surface area contributed by atoms with Crippen molar-refractivity contribution in [2.75, 3.05) is 13.1 Å². The molecule has 112 valence electrons. The number of rotatable bonds is 2. The molecule has 1 aliphatic rings. The van der Waals surface area contributed by atoms with E-state index in [0.29, 0.717) is 24.6 Å². The number of carbonyl (C=O) groups excluding carboxylic acids is 1. The fourth-order valence-corrected chi connectivity index (χ4v) is 2.67. The van der Waals surface area contributed by atoms with E-state index in [1.165, 1.54) is 12.1 Å². The van der Waals surface area contributed by atoms with E-state index in [1.54, 1.807) is 17.9 Å². The third-order valence-corrected chi connectivity index (χ3v) is 3.86. The molecule has 0 radical (unpaired) electrons. The van der Waals surface area contributed by atoms with Crippen LogP contribution in [-0.2, 0) is 0 Å². The van der Waals surface area contributed by atoms with Gasteiger partial charge >= 0.3 is 0 Å². The van der Waals surface area contributed by atoms with Crippen molar-refractivity contribution >= 4 is 18.3 Å². The Kier molecular flexibility index (Phi) is 5.96. The quantitative estimate of drug-likeness (QED) is 0.913. The summed E-state index contributed by atoms with van der Waals surface area (Å²) in [4.78, 5) is 14.1. The summed E-state index contributed by atoms with van der Waals surface area (Å²) in [5, 5.41) is 0. The maximum absolute atomic E-state index is 13.3. The van der Waals surface area contributed by atoms with Gasteiger partial charge in [-0.25, -0.2) is 4.39 Å². The van der Waals surface area contributed by atoms with E-state index in [0.717, 1.165) is 18.4 Å². The zero-order chi connectivity index (χ0) is 14.0. The normalized spacial score (nSPS) is 17.5. The topological polar surface area (TPSA) is 46.3 Å². The molecule has 1 heterocycles. The molecule has 0 spiro atoms. The molecule has 0 aliphatic carbocycles. The number of carbonyl (C=O) groups is 1. The summed E-state index contributed by atoms with van der Waals surface area (Å²) in [6.07, 6.45) is 1.86. The van der Waals surface area contributed by atoms with Gasteiger partial charge in [-0.3, -0.25) is 4.79 Å². The second-order valence-electron chi connectivity index (χ2n) is 5.51. The first-order chi connectivity index (χ1) is 8.97. The summed E-state index contributed by atoms with van der Waals surface area (Å²) < 4.78 is 13.3. The first-order valence-corrected chi connectivity index (χ1v) is 6.79. The van der Waals surface area contributed by atoms with Crippen LogP contribution in [0.1, 0.15) is 35.7 Å². The molecule has 2 rings (SSSR count). The van der Waals surface area contributed by atoms with Crippen LogP contribution in [0.4, 0.5) is 4.39 Å². The highest BCUT2D eigenvalue weighted by atomic mass is 35.5. The highest BCUT2D eigenvalue weighted by Gasteiger charge is 2.25. The summed E-state index contributed by atoms with van der Waals surface area (Å²) in [6.45, 7) is 5.22. The van der Waals surface area contributed by atoms with Gasteiger partial charge in [0.15, 0.2) is 0 Å². The highest BCUT2D eigenvalue weighted by molar-refractivity contribution is 5.94. The third-order valence-electron chi connectivity index (χ3n) is 3.86. The Labute approximate surface area is 125 Å². The Morgan fingerprint density at radius 1 is 1.35 bits per heavy atom. The second kappa shape index (κ2) is 7.04. The average molecular weight is 301 g/mol. The van der Waals surface area contributed by atoms with E-state index in [2.05, 4.69) is 0 Å². The molecule has 1 aliphatic heterocycles. The number of halogens is 2. The minimum absolute atomic E-state index is 0. The lowest BCUT2D eigenvalue weighted by Gasteiger charge is -2.33. The predicted molar refractivity (Wildman–Crippen MR) is 80.7 cm³/mol. The van der Waals surface area contributed by atoms with Crippen molar-refractivity contribution in [1.82, 2.24) is 4.90 Å². The fourth-order valence-electron chi connectivity index (χ4n) is 2.67. The summed E-state index contributed by atoms with van der Waals surface area (Å²) in [5.74, 6) is 0.0536. The summed E-state index contributed by atoms with van der Waals surface area (Å²) in [5.41, 5.74) is 7.10. The smallest absolute Gasteiger partial charge is 0.253 e. The fraction of sp³-hybridized carbons (Fsp3) is 0.533. The molecule has 0 bridgehead atoms. The Hall–Kier alpha value is -1.13. The summed E-state index contributed by atoms with van der Waals surface area (Å²) in [7, 11) is 0. The summed E-state index contributed by atoms with van der Waals surface area (Å²) in [6, 6.07) is 4.66. The van der Waals surface area contributed by atoms with Gasteiger partial charge in [-0.1, -0.05) is 0 Å². The first-order valence-electron chi connectivity index (χ1n) is 6.79. The van der Waals surface area contributed by atoms with Crippen LogP contribution >= 0.6 is 12.4 Å². The molecule has 1 atom stereocenters. The first kappa shape index (κ1) is 16.9. The molecule has 3 nitrogen and oxygen atoms in total. The van der Waals surface area contributed by atoms with Crippen molar-refractivity contribution in [3.8, 4) is 0 Å². The molecule has 5 heteroatoms. The van der Waals surface area contributed by atoms with Crippen LogP contribution in [0.5, 0.6) is 0 Å². The minimum Gasteiger partial charge on any atom is -0.339 e. The second-order valence-corrected chi connectivity index (χ2v) is 5.51. The number of nitrogens with zero attached hydrogens (tertiary/aromatic N) is 1. The van der Waals surface area contributed by atoms with Gasteiger partial charge in [0.05, 0.1) is 0 Å². The number of hydrogen-bond donors (Lipinski definition) is 1. The van der Waals surface area contributed by atoms with Gasteiger partial charge in [-0.05, 0) is 56.4 Å². The van der Waals surface area contributed by atoms with E-state index < -0.39 is 0 Å². The monoisotopic (exact) mass is 300 g/mol. The third kappa shape index (κ3) is 3.93. The highest BCUT2D eigenvalue weighted by Crippen LogP contribution is 2.21. The van der Waals surface area contributed by atoms with Gasteiger partial charge in [-0.15, -0.1) is 12.4 Å². The molecular formula is C15H22ClFN2O. The Morgan fingerprint density at radius 3 is 2.45 bits per heavy atom. The maximum atomic E-state index is 13.3. The van der Waals surface area contributed by atoms with E-state index in [4.69, 9.17) is 5.73 Å². The molecule has 1 unspecified atom stereocenters. The Morgan fingerprint density at radius 2 is 1.95 bits per heavy atom. The molecule has 1 aromatic carbocycles. The van der Waals surface area contributed by atoms with Gasteiger partial charge in [0.25, 0.3) is 5.91 Å². The lowest BCUT2D eigenvalue weighted by atomic mass is 9.90. The van der Waals surface area contributed by atoms with E-state index in [-0.39, 0.29) is 30.2 Å². The number of piperidine rings is 1. The van der Waals surface area contributed by atoms with Crippen molar-refractivity contribution in [1.29, 1.82) is 0 Å². The lowest BCUT2D eigenvalue weighted by Crippen LogP contribution is -2.42. The van der Waals surface area contributed by atoms with Crippen LogP contribution in [0, 0.1) is 18.7 Å². The number of likely N-dealkylation sites (tertiary alicyclic amines) is 1. The van der Waals surface area contributed by atoms with Crippen LogP contribution < -0.4 is 5.73 Å². The molecule has 1 aromatic rings. The van der Waals surface area contributed by atoms with Crippen LogP contribution in [0.15, 0.2) is 18.2 Å². The van der Waals surface area contributed by atoms with Crippen molar-refractivity contribution in [3.63, 3.8) is 0 Å². The number of hydrogen-bond acceptors (Lipinski definition) is 2. The Bertz CT molecular complexity index is 451. The van der Waals surface area contributed by atoms with Gasteiger partial charge in [-0.2, -0.15) is 0 Å². The number of aryl methyl sites for hydroxylation is 1. The maximum Gasteiger partial charge on any atom is 0.253 e. The molecule has 2 N–H and O–H groups in total. The number of benzene rings is 1. The van der Waals surface area contributed by atoms with Crippen LogP contribution in [0.3, 0.4) is 0 Å². The largest absolute Gasteiger partial charge is 0.339 e. The van der Waals surface area contributed by atoms with E-state index >= 15 is 0 Å². The molecule has 1 fully saturated rings. The van der Waals surface area contributed by atoms with Crippen LogP contribution in [0.2, 0.25) is 0 Å². The molecule has 1 amide bonds. The van der Waals surface area contributed by atoms with Crippen molar-refractivity contribution < 1.29 is 9.18 Å². The predicted octanol–water partition coefficient (Wildman–Crippen LogP) is 2.76. The van der Waals surface area contributed by atoms with E-state index in [9.17, 15) is 9.18 Å². The van der Waals surface area contributed by atoms with Crippen molar-refractivity contribution in [2.45, 2.75) is 32.7 Å². The zero-order valence-electron chi connectivity index (χ0n) is 11.9. The minimum atomic E-state index is -0.353. The zero-order valence-corrected chi connectivity index (χ0v) is 12.8. The number of nitrogens with two attached hydrogens (primary N) is 1.